The summed E-state index contributed by atoms with van der Waals surface area (Å²) in [5.74, 6) is 2.07. The lowest BCUT2D eigenvalue weighted by Crippen LogP contribution is -2.57. The molecule has 1 aromatic heterocycles. The van der Waals surface area contributed by atoms with Crippen LogP contribution in [0.5, 0.6) is 5.75 Å². The van der Waals surface area contributed by atoms with Crippen molar-refractivity contribution in [1.82, 2.24) is 14.6 Å². The quantitative estimate of drug-likeness (QED) is 0.248. The molecule has 2 bridgehead atoms. The summed E-state index contributed by atoms with van der Waals surface area (Å²) in [7, 11) is -2.27. The SMILES string of the molecule is C=C[C@@H]1CN2CC[C@H]1C[C@H]2[C@@H](NS(=O)(=O)c1c(C(C)C)cc(C(C)C)cc1C(C)C)c1ccnc2ccc(OC)cc12. The molecule has 3 aromatic rings. The van der Waals surface area contributed by atoms with Crippen LogP contribution in [0.15, 0.2) is 60.1 Å². The summed E-state index contributed by atoms with van der Waals surface area (Å²) in [5, 5.41) is 0.913. The van der Waals surface area contributed by atoms with Crippen LogP contribution in [0, 0.1) is 11.8 Å². The lowest BCUT2D eigenvalue weighted by molar-refractivity contribution is 0.00490. The molecule has 4 heterocycles. The van der Waals surface area contributed by atoms with Crippen molar-refractivity contribution in [1.29, 1.82) is 0 Å². The molecule has 3 aliphatic heterocycles. The Kier molecular flexibility index (Phi) is 8.85. The predicted molar refractivity (Wildman–Crippen MR) is 172 cm³/mol. The maximum atomic E-state index is 14.8. The molecular weight excluding hydrogens is 542 g/mol. The number of nitrogens with one attached hydrogen (secondary N) is 1. The number of hydrogen-bond acceptors (Lipinski definition) is 5. The van der Waals surface area contributed by atoms with Crippen LogP contribution in [0.25, 0.3) is 10.9 Å². The summed E-state index contributed by atoms with van der Waals surface area (Å²) in [6.07, 6.45) is 5.91. The normalized spacial score (nSPS) is 23.2. The Morgan fingerprint density at radius 2 is 1.69 bits per heavy atom. The molecule has 6 rings (SSSR count). The van der Waals surface area contributed by atoms with Gasteiger partial charge in [0.15, 0.2) is 0 Å². The first kappa shape index (κ1) is 30.7. The second-order valence-corrected chi connectivity index (χ2v) is 14.8. The van der Waals surface area contributed by atoms with E-state index < -0.39 is 16.1 Å². The highest BCUT2D eigenvalue weighted by Crippen LogP contribution is 2.44. The van der Waals surface area contributed by atoms with Gasteiger partial charge < -0.3 is 4.74 Å². The van der Waals surface area contributed by atoms with Crippen LogP contribution in [0.4, 0.5) is 0 Å². The maximum absolute atomic E-state index is 14.8. The Morgan fingerprint density at radius 1 is 1.00 bits per heavy atom. The third-order valence-electron chi connectivity index (χ3n) is 9.49. The number of rotatable bonds is 10. The summed E-state index contributed by atoms with van der Waals surface area (Å²) in [6, 6.07) is 11.6. The number of hydrogen-bond donors (Lipinski definition) is 1. The van der Waals surface area contributed by atoms with Gasteiger partial charge in [0.2, 0.25) is 10.0 Å². The fraction of sp³-hybridized carbons (Fsp3) is 0.514. The van der Waals surface area contributed by atoms with Gasteiger partial charge in [0.05, 0.1) is 23.6 Å². The van der Waals surface area contributed by atoms with Crippen molar-refractivity contribution in [3.63, 3.8) is 0 Å². The Hall–Kier alpha value is -2.74. The summed E-state index contributed by atoms with van der Waals surface area (Å²) in [4.78, 5) is 7.53. The molecule has 1 N–H and O–H groups in total. The van der Waals surface area contributed by atoms with Gasteiger partial charge >= 0.3 is 0 Å². The Balaban J connectivity index is 1.69. The molecule has 0 aliphatic carbocycles. The second kappa shape index (κ2) is 12.1. The number of aromatic nitrogens is 1. The van der Waals surface area contributed by atoms with E-state index in [1.54, 1.807) is 13.3 Å². The van der Waals surface area contributed by atoms with Crippen molar-refractivity contribution >= 4 is 20.9 Å². The fourth-order valence-electron chi connectivity index (χ4n) is 7.04. The van der Waals surface area contributed by atoms with E-state index in [0.717, 1.165) is 59.3 Å². The van der Waals surface area contributed by atoms with Gasteiger partial charge in [-0.1, -0.05) is 59.8 Å². The minimum absolute atomic E-state index is 0.0199. The van der Waals surface area contributed by atoms with E-state index in [-0.39, 0.29) is 17.9 Å². The van der Waals surface area contributed by atoms with Gasteiger partial charge in [0.1, 0.15) is 5.75 Å². The summed E-state index contributed by atoms with van der Waals surface area (Å²) < 4.78 is 38.5. The summed E-state index contributed by atoms with van der Waals surface area (Å²) in [5.41, 5.74) is 4.70. The Morgan fingerprint density at radius 3 is 2.24 bits per heavy atom. The number of fused-ring (bicyclic) bond motifs is 4. The monoisotopic (exact) mass is 589 g/mol. The van der Waals surface area contributed by atoms with Crippen LogP contribution in [0.1, 0.15) is 100 Å². The first-order valence-corrected chi connectivity index (χ1v) is 16.9. The lowest BCUT2D eigenvalue weighted by Gasteiger charge is -2.51. The van der Waals surface area contributed by atoms with E-state index >= 15 is 0 Å². The smallest absolute Gasteiger partial charge is 0.241 e. The maximum Gasteiger partial charge on any atom is 0.241 e. The van der Waals surface area contributed by atoms with E-state index in [1.165, 1.54) is 5.56 Å². The zero-order valence-corrected chi connectivity index (χ0v) is 27.0. The van der Waals surface area contributed by atoms with E-state index in [4.69, 9.17) is 4.74 Å². The Labute approximate surface area is 252 Å². The Bertz CT molecular complexity index is 1530. The van der Waals surface area contributed by atoms with Crippen molar-refractivity contribution in [2.24, 2.45) is 11.8 Å². The number of pyridine rings is 1. The van der Waals surface area contributed by atoms with Crippen molar-refractivity contribution < 1.29 is 13.2 Å². The highest BCUT2D eigenvalue weighted by molar-refractivity contribution is 7.89. The topological polar surface area (TPSA) is 71.5 Å². The van der Waals surface area contributed by atoms with Crippen LogP contribution in [-0.4, -0.2) is 44.5 Å². The molecule has 42 heavy (non-hydrogen) atoms. The minimum atomic E-state index is -3.92. The van der Waals surface area contributed by atoms with Gasteiger partial charge in [-0.25, -0.2) is 13.1 Å². The predicted octanol–water partition coefficient (Wildman–Crippen LogP) is 7.53. The highest BCUT2D eigenvalue weighted by Gasteiger charge is 2.44. The van der Waals surface area contributed by atoms with E-state index in [1.807, 2.05) is 24.3 Å². The first-order chi connectivity index (χ1) is 19.9. The van der Waals surface area contributed by atoms with Crippen LogP contribution in [0.2, 0.25) is 0 Å². The number of benzene rings is 2. The summed E-state index contributed by atoms with van der Waals surface area (Å²) >= 11 is 0. The van der Waals surface area contributed by atoms with Gasteiger partial charge in [0.25, 0.3) is 0 Å². The van der Waals surface area contributed by atoms with Crippen LogP contribution < -0.4 is 9.46 Å². The van der Waals surface area contributed by atoms with Gasteiger partial charge in [-0.15, -0.1) is 6.58 Å². The van der Waals surface area contributed by atoms with Crippen molar-refractivity contribution in [2.45, 2.75) is 89.1 Å². The molecule has 3 saturated heterocycles. The molecule has 3 fully saturated rings. The van der Waals surface area contributed by atoms with Gasteiger partial charge in [-0.2, -0.15) is 0 Å². The average molecular weight is 590 g/mol. The fourth-order valence-corrected chi connectivity index (χ4v) is 8.99. The molecule has 0 spiro atoms. The molecule has 5 atom stereocenters. The van der Waals surface area contributed by atoms with Crippen LogP contribution in [0.3, 0.4) is 0 Å². The van der Waals surface area contributed by atoms with Crippen molar-refractivity contribution in [2.75, 3.05) is 20.2 Å². The van der Waals surface area contributed by atoms with Gasteiger partial charge in [-0.05, 0) is 95.5 Å². The molecule has 7 heteroatoms. The standard InChI is InChI=1S/C35H47N3O3S/c1-9-24-20-38-15-13-25(24)18-33(38)34(28-12-14-36-32-11-10-27(41-8)19-31(28)32)37-42(39,40)35-29(22(4)5)16-26(21(2)3)17-30(35)23(6)7/h9-12,14,16-17,19,21-25,33-34,37H,1,13,15,18,20H2,2-8H3/t24-,25+,33+,34+/m1/s1. The average Bonchev–Trinajstić information content (AvgIpc) is 2.98. The molecule has 3 aliphatic rings. The molecule has 1 unspecified atom stereocenters. The molecule has 226 valence electrons. The van der Waals surface area contributed by atoms with Gasteiger partial charge in [-0.3, -0.25) is 9.88 Å². The van der Waals surface area contributed by atoms with E-state index in [0.29, 0.717) is 22.6 Å². The zero-order valence-electron chi connectivity index (χ0n) is 26.2. The molecule has 2 aromatic carbocycles. The van der Waals surface area contributed by atoms with Crippen LogP contribution in [-0.2, 0) is 10.0 Å². The lowest BCUT2D eigenvalue weighted by atomic mass is 9.73. The number of sulfonamides is 1. The third-order valence-corrected chi connectivity index (χ3v) is 11.1. The van der Waals surface area contributed by atoms with E-state index in [9.17, 15) is 8.42 Å². The zero-order chi connectivity index (χ0) is 30.3. The number of nitrogens with zero attached hydrogens (tertiary/aromatic N) is 2. The molecule has 0 amide bonds. The van der Waals surface area contributed by atoms with Crippen LogP contribution >= 0.6 is 0 Å². The molecule has 6 nitrogen and oxygen atoms in total. The largest absolute Gasteiger partial charge is 0.497 e. The number of ether oxygens (including phenoxy) is 1. The minimum Gasteiger partial charge on any atom is -0.497 e. The first-order valence-electron chi connectivity index (χ1n) is 15.4. The van der Waals surface area contributed by atoms with Gasteiger partial charge in [0, 0.05) is 24.2 Å². The van der Waals surface area contributed by atoms with E-state index in [2.05, 4.69) is 80.9 Å². The van der Waals surface area contributed by atoms with Crippen molar-refractivity contribution in [3.05, 3.63) is 77.5 Å². The van der Waals surface area contributed by atoms with Crippen molar-refractivity contribution in [3.8, 4) is 5.75 Å². The second-order valence-electron chi connectivity index (χ2n) is 13.1. The number of methoxy groups -OCH3 is 1. The number of piperidine rings is 3. The molecule has 0 saturated carbocycles. The highest BCUT2D eigenvalue weighted by atomic mass is 32.2. The summed E-state index contributed by atoms with van der Waals surface area (Å²) in [6.45, 7) is 18.6. The molecule has 0 radical (unpaired) electrons. The molecular formula is C35H47N3O3S. The third kappa shape index (κ3) is 5.76.